The molecule has 0 N–H and O–H groups in total. The molecule has 6 heteroatoms. The average Bonchev–Trinajstić information content (AvgIpc) is 2.61. The lowest BCUT2D eigenvalue weighted by molar-refractivity contribution is 0.0746. The summed E-state index contributed by atoms with van der Waals surface area (Å²) in [6, 6.07) is 8.36. The van der Waals surface area contributed by atoms with E-state index in [2.05, 4.69) is 22.0 Å². The molecule has 0 spiro atoms. The molecule has 1 aromatic heterocycles. The molecule has 1 aromatic carbocycles. The van der Waals surface area contributed by atoms with Crippen molar-refractivity contribution in [2.45, 2.75) is 13.8 Å². The molecule has 1 amide bonds. The summed E-state index contributed by atoms with van der Waals surface area (Å²) in [7, 11) is 1.39. The number of piperazine rings is 1. The molecule has 1 aliphatic rings. The van der Waals surface area contributed by atoms with Crippen LogP contribution in [0.15, 0.2) is 30.3 Å². The van der Waals surface area contributed by atoms with Crippen LogP contribution in [0.1, 0.15) is 21.7 Å². The molecule has 2 aromatic rings. The van der Waals surface area contributed by atoms with Crippen molar-refractivity contribution in [1.29, 1.82) is 0 Å². The third kappa shape index (κ3) is 3.73. The van der Waals surface area contributed by atoms with Crippen LogP contribution in [0, 0.1) is 19.7 Å². The fraction of sp³-hybridized carbons (Fsp3) is 0.368. The van der Waals surface area contributed by atoms with Gasteiger partial charge in [-0.1, -0.05) is 0 Å². The highest BCUT2D eigenvalue weighted by atomic mass is 19.1. The predicted octanol–water partition coefficient (Wildman–Crippen LogP) is 2.81. The van der Waals surface area contributed by atoms with Gasteiger partial charge in [0, 0.05) is 48.8 Å². The molecule has 5 nitrogen and oxygen atoms in total. The van der Waals surface area contributed by atoms with Crippen molar-refractivity contribution >= 4 is 11.6 Å². The van der Waals surface area contributed by atoms with Gasteiger partial charge in [0.05, 0.1) is 7.11 Å². The Labute approximate surface area is 147 Å². The van der Waals surface area contributed by atoms with Crippen molar-refractivity contribution in [3.05, 3.63) is 53.1 Å². The van der Waals surface area contributed by atoms with Gasteiger partial charge >= 0.3 is 0 Å². The Morgan fingerprint density at radius 2 is 1.72 bits per heavy atom. The smallest absolute Gasteiger partial charge is 0.254 e. The highest BCUT2D eigenvalue weighted by molar-refractivity contribution is 5.94. The predicted molar refractivity (Wildman–Crippen MR) is 94.8 cm³/mol. The first-order valence-electron chi connectivity index (χ1n) is 8.31. The second-order valence-corrected chi connectivity index (χ2v) is 6.24. The summed E-state index contributed by atoms with van der Waals surface area (Å²) in [6.07, 6.45) is 0. The fourth-order valence-electron chi connectivity index (χ4n) is 3.14. The normalized spacial score (nSPS) is 14.6. The van der Waals surface area contributed by atoms with Crippen LogP contribution in [0.25, 0.3) is 0 Å². The Hall–Kier alpha value is -2.63. The molecule has 2 heterocycles. The number of aromatic nitrogens is 1. The van der Waals surface area contributed by atoms with Crippen molar-refractivity contribution < 1.29 is 13.9 Å². The second kappa shape index (κ2) is 7.09. The first-order valence-corrected chi connectivity index (χ1v) is 8.31. The van der Waals surface area contributed by atoms with Gasteiger partial charge < -0.3 is 14.5 Å². The zero-order valence-electron chi connectivity index (χ0n) is 14.8. The molecule has 3 rings (SSSR count). The van der Waals surface area contributed by atoms with Crippen LogP contribution in [-0.4, -0.2) is 49.1 Å². The number of amides is 1. The number of hydrogen-bond donors (Lipinski definition) is 0. The Morgan fingerprint density at radius 1 is 1.08 bits per heavy atom. The quantitative estimate of drug-likeness (QED) is 0.860. The van der Waals surface area contributed by atoms with E-state index in [1.165, 1.54) is 25.3 Å². The van der Waals surface area contributed by atoms with Crippen LogP contribution < -0.4 is 9.64 Å². The van der Waals surface area contributed by atoms with Gasteiger partial charge in [-0.2, -0.15) is 0 Å². The zero-order chi connectivity index (χ0) is 18.0. The number of halogens is 1. The van der Waals surface area contributed by atoms with E-state index in [0.29, 0.717) is 18.7 Å². The number of pyridine rings is 1. The lowest BCUT2D eigenvalue weighted by atomic mass is 10.1. The molecule has 1 fully saturated rings. The fourth-order valence-corrected chi connectivity index (χ4v) is 3.14. The SMILES string of the molecule is COc1cc(C(=O)N2CCN(c3cc(C)nc(C)c3)CC2)ccc1F. The molecule has 1 aliphatic heterocycles. The van der Waals surface area contributed by atoms with E-state index in [1.807, 2.05) is 13.8 Å². The Kier molecular flexibility index (Phi) is 4.88. The molecule has 0 unspecified atom stereocenters. The summed E-state index contributed by atoms with van der Waals surface area (Å²) in [5.41, 5.74) is 3.57. The number of nitrogens with zero attached hydrogens (tertiary/aromatic N) is 3. The third-order valence-electron chi connectivity index (χ3n) is 4.40. The van der Waals surface area contributed by atoms with Gasteiger partial charge in [0.25, 0.3) is 5.91 Å². The van der Waals surface area contributed by atoms with Crippen LogP contribution in [0.5, 0.6) is 5.75 Å². The molecule has 132 valence electrons. The van der Waals surface area contributed by atoms with Crippen molar-refractivity contribution in [3.8, 4) is 5.75 Å². The summed E-state index contributed by atoms with van der Waals surface area (Å²) in [5.74, 6) is -0.473. The zero-order valence-corrected chi connectivity index (χ0v) is 14.8. The lowest BCUT2D eigenvalue weighted by Crippen LogP contribution is -2.48. The van der Waals surface area contributed by atoms with E-state index in [4.69, 9.17) is 4.74 Å². The number of hydrogen-bond acceptors (Lipinski definition) is 4. The van der Waals surface area contributed by atoms with Crippen molar-refractivity contribution in [2.24, 2.45) is 0 Å². The summed E-state index contributed by atoms with van der Waals surface area (Å²) < 4.78 is 18.5. The molecule has 0 radical (unpaired) electrons. The minimum atomic E-state index is -0.465. The van der Waals surface area contributed by atoms with Crippen LogP contribution in [-0.2, 0) is 0 Å². The maximum absolute atomic E-state index is 13.5. The van der Waals surface area contributed by atoms with Gasteiger partial charge in [-0.25, -0.2) is 4.39 Å². The number of ether oxygens (including phenoxy) is 1. The van der Waals surface area contributed by atoms with Crippen LogP contribution in [0.3, 0.4) is 0 Å². The highest BCUT2D eigenvalue weighted by Crippen LogP contribution is 2.22. The minimum absolute atomic E-state index is 0.0900. The van der Waals surface area contributed by atoms with Gasteiger partial charge in [-0.15, -0.1) is 0 Å². The van der Waals surface area contributed by atoms with Gasteiger partial charge in [0.2, 0.25) is 0 Å². The molecular formula is C19H22FN3O2. The number of rotatable bonds is 3. The maximum atomic E-state index is 13.5. The first-order chi connectivity index (χ1) is 12.0. The number of anilines is 1. The summed E-state index contributed by atoms with van der Waals surface area (Å²) in [4.78, 5) is 21.1. The largest absolute Gasteiger partial charge is 0.494 e. The lowest BCUT2D eigenvalue weighted by Gasteiger charge is -2.36. The minimum Gasteiger partial charge on any atom is -0.494 e. The maximum Gasteiger partial charge on any atom is 0.254 e. The van der Waals surface area contributed by atoms with Gasteiger partial charge in [-0.05, 0) is 44.2 Å². The Bertz CT molecular complexity index is 766. The van der Waals surface area contributed by atoms with Crippen LogP contribution in [0.4, 0.5) is 10.1 Å². The monoisotopic (exact) mass is 343 g/mol. The Balaban J connectivity index is 1.68. The van der Waals surface area contributed by atoms with Gasteiger partial charge in [-0.3, -0.25) is 9.78 Å². The standard InChI is InChI=1S/C19H22FN3O2/c1-13-10-16(11-14(2)21-13)22-6-8-23(9-7-22)19(24)15-4-5-17(20)18(12-15)25-3/h4-5,10-12H,6-9H2,1-3H3. The number of carbonyl (C=O) groups excluding carboxylic acids is 1. The molecule has 1 saturated heterocycles. The first kappa shape index (κ1) is 17.2. The molecule has 0 saturated carbocycles. The van der Waals surface area contributed by atoms with E-state index >= 15 is 0 Å². The third-order valence-corrected chi connectivity index (χ3v) is 4.40. The second-order valence-electron chi connectivity index (χ2n) is 6.24. The van der Waals surface area contributed by atoms with E-state index in [0.717, 1.165) is 30.2 Å². The summed E-state index contributed by atoms with van der Waals surface area (Å²) in [6.45, 7) is 6.73. The van der Waals surface area contributed by atoms with Gasteiger partial charge in [0.15, 0.2) is 11.6 Å². The van der Waals surface area contributed by atoms with E-state index in [9.17, 15) is 9.18 Å². The number of benzene rings is 1. The number of methoxy groups -OCH3 is 1. The van der Waals surface area contributed by atoms with Crippen molar-refractivity contribution in [2.75, 3.05) is 38.2 Å². The molecular weight excluding hydrogens is 321 g/mol. The molecule has 0 aliphatic carbocycles. The van der Waals surface area contributed by atoms with Gasteiger partial charge in [0.1, 0.15) is 0 Å². The molecule has 0 bridgehead atoms. The van der Waals surface area contributed by atoms with Crippen LogP contribution >= 0.6 is 0 Å². The van der Waals surface area contributed by atoms with Crippen molar-refractivity contribution in [1.82, 2.24) is 9.88 Å². The van der Waals surface area contributed by atoms with E-state index in [1.54, 1.807) is 4.90 Å². The molecule has 25 heavy (non-hydrogen) atoms. The average molecular weight is 343 g/mol. The Morgan fingerprint density at radius 3 is 2.32 bits per heavy atom. The summed E-state index contributed by atoms with van der Waals surface area (Å²) in [5, 5.41) is 0. The number of aryl methyl sites for hydroxylation is 2. The van der Waals surface area contributed by atoms with Crippen molar-refractivity contribution in [3.63, 3.8) is 0 Å². The summed E-state index contributed by atoms with van der Waals surface area (Å²) >= 11 is 0. The number of carbonyl (C=O) groups is 1. The van der Waals surface area contributed by atoms with Crippen LogP contribution in [0.2, 0.25) is 0 Å². The van der Waals surface area contributed by atoms with E-state index < -0.39 is 5.82 Å². The van der Waals surface area contributed by atoms with E-state index in [-0.39, 0.29) is 11.7 Å². The topological polar surface area (TPSA) is 45.7 Å². The highest BCUT2D eigenvalue weighted by Gasteiger charge is 2.23. The molecule has 0 atom stereocenters.